The number of nitrogens with one attached hydrogen (secondary N) is 1. The first kappa shape index (κ1) is 18.2. The number of ether oxygens (including phenoxy) is 2. The topological polar surface area (TPSA) is 94.6 Å². The van der Waals surface area contributed by atoms with E-state index in [0.717, 1.165) is 15.2 Å². The molecule has 26 heavy (non-hydrogen) atoms. The second-order valence-electron chi connectivity index (χ2n) is 5.08. The first-order chi connectivity index (χ1) is 12.6. The van der Waals surface area contributed by atoms with E-state index in [-0.39, 0.29) is 13.2 Å². The molecule has 0 aliphatic rings. The molecule has 0 atom stereocenters. The molecule has 0 radical (unpaired) electrons. The minimum Gasteiger partial charge on any atom is -0.454 e. The number of amides is 2. The van der Waals surface area contributed by atoms with Crippen molar-refractivity contribution in [3.8, 4) is 0 Å². The van der Waals surface area contributed by atoms with Crippen LogP contribution in [-0.4, -0.2) is 36.0 Å². The Bertz CT molecular complexity index is 887. The van der Waals surface area contributed by atoms with Crippen LogP contribution in [-0.2, 0) is 25.7 Å². The summed E-state index contributed by atoms with van der Waals surface area (Å²) in [5, 5.41) is 4.61. The van der Waals surface area contributed by atoms with E-state index in [9.17, 15) is 14.4 Å². The van der Waals surface area contributed by atoms with E-state index in [4.69, 9.17) is 9.47 Å². The van der Waals surface area contributed by atoms with Crippen molar-refractivity contribution >= 4 is 50.7 Å². The Hall–Kier alpha value is -2.62. The number of rotatable bonds is 7. The molecule has 1 aromatic carbocycles. The first-order valence-electron chi connectivity index (χ1n) is 7.57. The third-order valence-corrected chi connectivity index (χ3v) is 5.02. The number of thiazole rings is 1. The Balaban J connectivity index is 1.36. The van der Waals surface area contributed by atoms with Gasteiger partial charge in [-0.1, -0.05) is 18.2 Å². The second kappa shape index (κ2) is 8.65. The Kier molecular flexibility index (Phi) is 6.05. The highest BCUT2D eigenvalue weighted by Crippen LogP contribution is 2.21. The third kappa shape index (κ3) is 4.94. The molecule has 0 saturated heterocycles. The average Bonchev–Trinajstić information content (AvgIpc) is 3.29. The summed E-state index contributed by atoms with van der Waals surface area (Å²) >= 11 is 2.69. The maximum absolute atomic E-state index is 11.7. The van der Waals surface area contributed by atoms with Crippen LogP contribution in [0.5, 0.6) is 0 Å². The van der Waals surface area contributed by atoms with E-state index in [1.165, 1.54) is 22.7 Å². The first-order valence-corrected chi connectivity index (χ1v) is 9.27. The molecule has 0 saturated carbocycles. The average molecular weight is 390 g/mol. The number of hydrogen-bond acceptors (Lipinski definition) is 8. The fraction of sp³-hybridized carbons (Fsp3) is 0.176. The molecule has 7 nitrogen and oxygen atoms in total. The molecule has 0 spiro atoms. The van der Waals surface area contributed by atoms with Crippen LogP contribution in [0.3, 0.4) is 0 Å². The minimum atomic E-state index is -0.692. The maximum atomic E-state index is 11.7. The number of esters is 1. The number of carbonyl (C=O) groups is 3. The molecule has 3 rings (SSSR count). The molecule has 0 aliphatic heterocycles. The second-order valence-corrected chi connectivity index (χ2v) is 7.15. The van der Waals surface area contributed by atoms with Gasteiger partial charge in [-0.2, -0.15) is 0 Å². The van der Waals surface area contributed by atoms with Crippen LogP contribution in [0, 0.1) is 0 Å². The van der Waals surface area contributed by atoms with E-state index in [1.807, 2.05) is 24.3 Å². The lowest BCUT2D eigenvalue weighted by Gasteiger charge is -2.05. The largest absolute Gasteiger partial charge is 0.454 e. The summed E-state index contributed by atoms with van der Waals surface area (Å²) in [6.45, 7) is -0.667. The molecular weight excluding hydrogens is 376 g/mol. The van der Waals surface area contributed by atoms with Crippen molar-refractivity contribution in [1.29, 1.82) is 0 Å². The number of thiophene rings is 1. The van der Waals surface area contributed by atoms with E-state index >= 15 is 0 Å². The summed E-state index contributed by atoms with van der Waals surface area (Å²) in [5.74, 6) is -1.90. The lowest BCUT2D eigenvalue weighted by atomic mass is 10.3. The summed E-state index contributed by atoms with van der Waals surface area (Å²) in [7, 11) is 0. The SMILES string of the molecule is O=C(COC(=O)COCc1nc2ccccc2s1)NC(=O)c1cccs1. The van der Waals surface area contributed by atoms with Crippen molar-refractivity contribution in [2.75, 3.05) is 13.2 Å². The van der Waals surface area contributed by atoms with E-state index in [1.54, 1.807) is 17.5 Å². The lowest BCUT2D eigenvalue weighted by molar-refractivity contribution is -0.153. The number of aromatic nitrogens is 1. The molecule has 0 bridgehead atoms. The van der Waals surface area contributed by atoms with E-state index in [2.05, 4.69) is 10.3 Å². The summed E-state index contributed by atoms with van der Waals surface area (Å²) in [6.07, 6.45) is 0. The minimum absolute atomic E-state index is 0.178. The highest BCUT2D eigenvalue weighted by molar-refractivity contribution is 7.18. The number of imide groups is 1. The number of carbonyl (C=O) groups excluding carboxylic acids is 3. The van der Waals surface area contributed by atoms with Crippen LogP contribution >= 0.6 is 22.7 Å². The van der Waals surface area contributed by atoms with Gasteiger partial charge in [0.15, 0.2) is 6.61 Å². The van der Waals surface area contributed by atoms with Gasteiger partial charge in [-0.15, -0.1) is 22.7 Å². The zero-order chi connectivity index (χ0) is 18.4. The number of para-hydroxylation sites is 1. The fourth-order valence-electron chi connectivity index (χ4n) is 2.02. The van der Waals surface area contributed by atoms with E-state index in [0.29, 0.717) is 4.88 Å². The maximum Gasteiger partial charge on any atom is 0.332 e. The van der Waals surface area contributed by atoms with Gasteiger partial charge < -0.3 is 9.47 Å². The molecule has 0 unspecified atom stereocenters. The van der Waals surface area contributed by atoms with Gasteiger partial charge in [-0.05, 0) is 23.6 Å². The number of hydrogen-bond donors (Lipinski definition) is 1. The van der Waals surface area contributed by atoms with Crippen molar-refractivity contribution in [2.45, 2.75) is 6.61 Å². The number of fused-ring (bicyclic) bond motifs is 1. The predicted molar refractivity (Wildman–Crippen MR) is 97.0 cm³/mol. The molecule has 1 N–H and O–H groups in total. The fourth-order valence-corrected chi connectivity index (χ4v) is 3.55. The Morgan fingerprint density at radius 3 is 2.69 bits per heavy atom. The van der Waals surface area contributed by atoms with Crippen LogP contribution in [0.4, 0.5) is 0 Å². The van der Waals surface area contributed by atoms with Gasteiger partial charge in [0.05, 0.1) is 21.7 Å². The number of benzene rings is 1. The molecule has 134 valence electrons. The highest BCUT2D eigenvalue weighted by atomic mass is 32.1. The Morgan fingerprint density at radius 1 is 1.08 bits per heavy atom. The summed E-state index contributed by atoms with van der Waals surface area (Å²) < 4.78 is 11.1. The molecular formula is C17H14N2O5S2. The van der Waals surface area contributed by atoms with Gasteiger partial charge in [-0.25, -0.2) is 9.78 Å². The highest BCUT2D eigenvalue weighted by Gasteiger charge is 2.13. The normalized spacial score (nSPS) is 10.6. The monoisotopic (exact) mass is 390 g/mol. The predicted octanol–water partition coefficient (Wildman–Crippen LogP) is 2.37. The third-order valence-electron chi connectivity index (χ3n) is 3.15. The molecule has 9 heteroatoms. The summed E-state index contributed by atoms with van der Waals surface area (Å²) in [4.78, 5) is 39.7. The van der Waals surface area contributed by atoms with E-state index < -0.39 is 24.4 Å². The molecule has 2 aromatic heterocycles. The number of nitrogens with zero attached hydrogens (tertiary/aromatic N) is 1. The van der Waals surface area contributed by atoms with Crippen LogP contribution in [0.25, 0.3) is 10.2 Å². The lowest BCUT2D eigenvalue weighted by Crippen LogP contribution is -2.34. The van der Waals surface area contributed by atoms with Crippen molar-refractivity contribution in [1.82, 2.24) is 10.3 Å². The molecule has 2 amide bonds. The van der Waals surface area contributed by atoms with Crippen molar-refractivity contribution in [2.24, 2.45) is 0 Å². The van der Waals surface area contributed by atoms with Crippen molar-refractivity contribution in [3.05, 3.63) is 51.7 Å². The molecule has 0 aliphatic carbocycles. The molecule has 2 heterocycles. The van der Waals surface area contributed by atoms with Gasteiger partial charge in [0.1, 0.15) is 11.6 Å². The van der Waals surface area contributed by atoms with Crippen LogP contribution in [0.2, 0.25) is 0 Å². The standard InChI is InChI=1S/C17H14N2O5S2/c20-14(19-17(22)13-6-3-7-25-13)8-24-16(21)10-23-9-15-18-11-4-1-2-5-12(11)26-15/h1-7H,8-10H2,(H,19,20,22). The van der Waals surface area contributed by atoms with Gasteiger partial charge in [0.2, 0.25) is 0 Å². The molecule has 3 aromatic rings. The van der Waals surface area contributed by atoms with Crippen LogP contribution in [0.1, 0.15) is 14.7 Å². The van der Waals surface area contributed by atoms with Crippen LogP contribution < -0.4 is 5.32 Å². The smallest absolute Gasteiger partial charge is 0.332 e. The van der Waals surface area contributed by atoms with Gasteiger partial charge >= 0.3 is 5.97 Å². The van der Waals surface area contributed by atoms with Gasteiger partial charge in [-0.3, -0.25) is 14.9 Å². The quantitative estimate of drug-likeness (QED) is 0.623. The zero-order valence-corrected chi connectivity index (χ0v) is 15.1. The van der Waals surface area contributed by atoms with Gasteiger partial charge in [0.25, 0.3) is 11.8 Å². The van der Waals surface area contributed by atoms with Crippen molar-refractivity contribution in [3.63, 3.8) is 0 Å². The molecule has 0 fully saturated rings. The van der Waals surface area contributed by atoms with Crippen LogP contribution in [0.15, 0.2) is 41.8 Å². The summed E-state index contributed by atoms with van der Waals surface area (Å²) in [5.41, 5.74) is 0.880. The Morgan fingerprint density at radius 2 is 1.92 bits per heavy atom. The summed E-state index contributed by atoms with van der Waals surface area (Å²) in [6, 6.07) is 11.0. The Labute approximate surface area is 156 Å². The van der Waals surface area contributed by atoms with Gasteiger partial charge in [0, 0.05) is 0 Å². The zero-order valence-electron chi connectivity index (χ0n) is 13.5. The van der Waals surface area contributed by atoms with Crippen molar-refractivity contribution < 1.29 is 23.9 Å².